The number of anilines is 1. The van der Waals surface area contributed by atoms with Crippen molar-refractivity contribution >= 4 is 39.1 Å². The van der Waals surface area contributed by atoms with Crippen LogP contribution in [0.2, 0.25) is 5.02 Å². The van der Waals surface area contributed by atoms with E-state index in [0.29, 0.717) is 22.9 Å². The van der Waals surface area contributed by atoms with E-state index in [-0.39, 0.29) is 29.8 Å². The molecule has 0 aliphatic carbocycles. The molecule has 0 spiro atoms. The van der Waals surface area contributed by atoms with Crippen LogP contribution in [0.3, 0.4) is 0 Å². The molecule has 0 bridgehead atoms. The third kappa shape index (κ3) is 8.89. The van der Waals surface area contributed by atoms with Gasteiger partial charge in [0, 0.05) is 24.0 Å². The molecule has 4 aromatic rings. The van der Waals surface area contributed by atoms with Crippen molar-refractivity contribution in [3.05, 3.63) is 125 Å². The smallest absolute Gasteiger partial charge is 0.264 e. The molecule has 1 N–H and O–H groups in total. The molecule has 46 heavy (non-hydrogen) atoms. The zero-order valence-electron chi connectivity index (χ0n) is 26.5. The van der Waals surface area contributed by atoms with Crippen LogP contribution in [0, 0.1) is 6.92 Å². The van der Waals surface area contributed by atoms with E-state index < -0.39 is 28.5 Å². The van der Waals surface area contributed by atoms with E-state index in [1.54, 1.807) is 60.7 Å². The maximum Gasteiger partial charge on any atom is 0.264 e. The van der Waals surface area contributed by atoms with Gasteiger partial charge >= 0.3 is 0 Å². The number of carbonyl (C=O) groups is 2. The summed E-state index contributed by atoms with van der Waals surface area (Å²) >= 11 is 6.15. The Morgan fingerprint density at radius 3 is 2.09 bits per heavy atom. The summed E-state index contributed by atoms with van der Waals surface area (Å²) in [6.07, 6.45) is 0.939. The fourth-order valence-electron chi connectivity index (χ4n) is 4.90. The number of hydrogen-bond acceptors (Lipinski definition) is 5. The number of sulfonamides is 1. The van der Waals surface area contributed by atoms with E-state index in [9.17, 15) is 18.0 Å². The highest BCUT2D eigenvalue weighted by atomic mass is 35.5. The lowest BCUT2D eigenvalue weighted by Gasteiger charge is -2.34. The maximum atomic E-state index is 14.5. The molecule has 8 nitrogen and oxygen atoms in total. The Morgan fingerprint density at radius 2 is 1.50 bits per heavy atom. The molecular formula is C36H40ClN3O5S. The lowest BCUT2D eigenvalue weighted by atomic mass is 10.0. The van der Waals surface area contributed by atoms with Crippen molar-refractivity contribution in [3.63, 3.8) is 0 Å². The third-order valence-electron chi connectivity index (χ3n) is 7.79. The fraction of sp³-hybridized carbons (Fsp3) is 0.278. The first-order chi connectivity index (χ1) is 22.0. The topological polar surface area (TPSA) is 96.0 Å². The van der Waals surface area contributed by atoms with Crippen LogP contribution < -0.4 is 14.4 Å². The number of hydrogen-bond donors (Lipinski definition) is 1. The van der Waals surface area contributed by atoms with Crippen LogP contribution in [0.25, 0.3) is 0 Å². The van der Waals surface area contributed by atoms with Crippen molar-refractivity contribution < 1.29 is 22.7 Å². The molecule has 4 aromatic carbocycles. The number of benzene rings is 4. The summed E-state index contributed by atoms with van der Waals surface area (Å²) in [5.74, 6) is -0.351. The number of aryl methyl sites for hydroxylation is 1. The van der Waals surface area contributed by atoms with Crippen molar-refractivity contribution in [1.82, 2.24) is 10.2 Å². The monoisotopic (exact) mass is 661 g/mol. The predicted octanol–water partition coefficient (Wildman–Crippen LogP) is 6.41. The number of rotatable bonds is 14. The zero-order chi connectivity index (χ0) is 33.3. The molecule has 0 heterocycles. The van der Waals surface area contributed by atoms with Gasteiger partial charge in [0.15, 0.2) is 0 Å². The maximum absolute atomic E-state index is 14.5. The average Bonchev–Trinajstić information content (AvgIpc) is 3.06. The van der Waals surface area contributed by atoms with Crippen molar-refractivity contribution in [2.75, 3.05) is 18.0 Å². The largest absolute Gasteiger partial charge is 0.497 e. The van der Waals surface area contributed by atoms with Crippen LogP contribution in [-0.2, 0) is 32.6 Å². The number of halogens is 1. The second kappa shape index (κ2) is 15.8. The van der Waals surface area contributed by atoms with Crippen LogP contribution in [0.4, 0.5) is 5.69 Å². The first-order valence-corrected chi connectivity index (χ1v) is 16.9. The highest BCUT2D eigenvalue weighted by molar-refractivity contribution is 7.92. The molecular weight excluding hydrogens is 622 g/mol. The van der Waals surface area contributed by atoms with Gasteiger partial charge in [0.2, 0.25) is 11.8 Å². The number of amides is 2. The van der Waals surface area contributed by atoms with Crippen LogP contribution in [-0.4, -0.2) is 50.9 Å². The molecule has 10 heteroatoms. The van der Waals surface area contributed by atoms with Crippen LogP contribution >= 0.6 is 11.6 Å². The van der Waals surface area contributed by atoms with Gasteiger partial charge in [-0.25, -0.2) is 8.42 Å². The highest BCUT2D eigenvalue weighted by Gasteiger charge is 2.35. The molecule has 2 atom stereocenters. The van der Waals surface area contributed by atoms with Gasteiger partial charge in [0.05, 0.1) is 17.7 Å². The zero-order valence-corrected chi connectivity index (χ0v) is 28.1. The molecule has 0 aliphatic rings. The Morgan fingerprint density at radius 1 is 0.870 bits per heavy atom. The summed E-state index contributed by atoms with van der Waals surface area (Å²) in [5, 5.41) is 3.58. The van der Waals surface area contributed by atoms with Gasteiger partial charge in [0.1, 0.15) is 18.3 Å². The summed E-state index contributed by atoms with van der Waals surface area (Å²) in [6.45, 7) is 5.30. The normalized spacial score (nSPS) is 12.5. The Balaban J connectivity index is 1.80. The Hall–Kier alpha value is -4.34. The van der Waals surface area contributed by atoms with Gasteiger partial charge in [-0.2, -0.15) is 0 Å². The van der Waals surface area contributed by atoms with Gasteiger partial charge in [-0.15, -0.1) is 0 Å². The molecule has 2 amide bonds. The lowest BCUT2D eigenvalue weighted by molar-refractivity contribution is -0.140. The summed E-state index contributed by atoms with van der Waals surface area (Å²) in [4.78, 5) is 29.9. The van der Waals surface area contributed by atoms with E-state index >= 15 is 0 Å². The van der Waals surface area contributed by atoms with Crippen LogP contribution in [0.15, 0.2) is 108 Å². The average molecular weight is 662 g/mol. The van der Waals surface area contributed by atoms with Crippen LogP contribution in [0.1, 0.15) is 37.0 Å². The molecule has 0 radical (unpaired) electrons. The molecule has 0 aromatic heterocycles. The van der Waals surface area contributed by atoms with E-state index in [4.69, 9.17) is 16.3 Å². The predicted molar refractivity (Wildman–Crippen MR) is 183 cm³/mol. The second-order valence-corrected chi connectivity index (χ2v) is 13.5. The van der Waals surface area contributed by atoms with Gasteiger partial charge in [-0.1, -0.05) is 78.7 Å². The minimum atomic E-state index is -4.21. The second-order valence-electron chi connectivity index (χ2n) is 11.2. The van der Waals surface area contributed by atoms with E-state index in [0.717, 1.165) is 21.0 Å². The van der Waals surface area contributed by atoms with Gasteiger partial charge in [0.25, 0.3) is 10.0 Å². The van der Waals surface area contributed by atoms with E-state index in [2.05, 4.69) is 5.32 Å². The first kappa shape index (κ1) is 34.5. The van der Waals surface area contributed by atoms with Crippen molar-refractivity contribution in [2.24, 2.45) is 0 Å². The minimum absolute atomic E-state index is 0.00118. The molecule has 0 saturated heterocycles. The molecule has 242 valence electrons. The van der Waals surface area contributed by atoms with E-state index in [1.165, 1.54) is 24.1 Å². The van der Waals surface area contributed by atoms with Crippen molar-refractivity contribution in [3.8, 4) is 5.75 Å². The minimum Gasteiger partial charge on any atom is -0.497 e. The standard InChI is InChI=1S/C36H40ClN3O5S/c1-5-27(3)38-36(42)34(23-28-9-7-6-8-10-28)39(24-29-13-15-30(37)16-14-29)35(41)25-40(31-17-11-26(2)12-18-31)46(43,44)33-21-19-32(45-4)20-22-33/h6-22,27,34H,5,23-25H2,1-4H3,(H,38,42)/t27-,34+/m0/s1. The number of nitrogens with one attached hydrogen (secondary N) is 1. The fourth-order valence-corrected chi connectivity index (χ4v) is 6.44. The van der Waals surface area contributed by atoms with Crippen molar-refractivity contribution in [2.45, 2.75) is 57.1 Å². The van der Waals surface area contributed by atoms with Gasteiger partial charge in [-0.05, 0) is 79.9 Å². The quantitative estimate of drug-likeness (QED) is 0.169. The van der Waals surface area contributed by atoms with Gasteiger partial charge < -0.3 is 15.0 Å². The number of nitrogens with zero attached hydrogens (tertiary/aromatic N) is 2. The molecule has 0 saturated carbocycles. The lowest BCUT2D eigenvalue weighted by Crippen LogP contribution is -2.54. The highest BCUT2D eigenvalue weighted by Crippen LogP contribution is 2.27. The van der Waals surface area contributed by atoms with Gasteiger partial charge in [-0.3, -0.25) is 13.9 Å². The summed E-state index contributed by atoms with van der Waals surface area (Å²) in [6, 6.07) is 28.4. The molecule has 0 fully saturated rings. The number of methoxy groups -OCH3 is 1. The van der Waals surface area contributed by atoms with E-state index in [1.807, 2.05) is 51.1 Å². The molecule has 4 rings (SSSR count). The Bertz CT molecular complexity index is 1700. The first-order valence-electron chi connectivity index (χ1n) is 15.1. The van der Waals surface area contributed by atoms with Crippen molar-refractivity contribution in [1.29, 1.82) is 0 Å². The summed E-state index contributed by atoms with van der Waals surface area (Å²) in [7, 11) is -2.72. The SMILES string of the molecule is CC[C@H](C)NC(=O)[C@@H](Cc1ccccc1)N(Cc1ccc(Cl)cc1)C(=O)CN(c1ccc(C)cc1)S(=O)(=O)c1ccc(OC)cc1. The Labute approximate surface area is 277 Å². The number of carbonyl (C=O) groups excluding carboxylic acids is 2. The molecule has 0 unspecified atom stereocenters. The molecule has 0 aliphatic heterocycles. The van der Waals surface area contributed by atoms with Crippen LogP contribution in [0.5, 0.6) is 5.75 Å². The number of ether oxygens (including phenoxy) is 1. The third-order valence-corrected chi connectivity index (χ3v) is 9.83. The summed E-state index contributed by atoms with van der Waals surface area (Å²) in [5.41, 5.74) is 2.87. The Kier molecular flexibility index (Phi) is 11.8. The summed E-state index contributed by atoms with van der Waals surface area (Å²) < 4.78 is 34.7.